The number of carbonyl (C=O) groups is 1. The second-order valence-corrected chi connectivity index (χ2v) is 5.76. The van der Waals surface area contributed by atoms with Crippen LogP contribution in [0.1, 0.15) is 19.2 Å². The molecule has 1 fully saturated rings. The Balaban J connectivity index is 1.74. The van der Waals surface area contributed by atoms with E-state index < -0.39 is 0 Å². The fraction of sp³-hybridized carbons (Fsp3) is 0.312. The summed E-state index contributed by atoms with van der Waals surface area (Å²) < 4.78 is 5.44. The highest BCUT2D eigenvalue weighted by Gasteiger charge is 2.29. The number of amides is 1. The van der Waals surface area contributed by atoms with Gasteiger partial charge in [-0.3, -0.25) is 4.79 Å². The molecule has 0 spiro atoms. The lowest BCUT2D eigenvalue weighted by Gasteiger charge is -2.16. The van der Waals surface area contributed by atoms with Crippen LogP contribution in [0.5, 0.6) is 0 Å². The first-order chi connectivity index (χ1) is 10.6. The Hall–Kier alpha value is -2.63. The first-order valence-electron chi connectivity index (χ1n) is 7.36. The van der Waals surface area contributed by atoms with Crippen LogP contribution in [0.15, 0.2) is 28.7 Å². The second kappa shape index (κ2) is 4.69. The Morgan fingerprint density at radius 3 is 2.86 bits per heavy atom. The standard InChI is InChI=1S/C16H16N4O2/c1-9-5-6-20(16(9)21)12-3-4-13-11(7-12)8-14(17-13)15-19-18-10(2)22-15/h3-4,7-9,17H,5-6H2,1-2H3. The lowest BCUT2D eigenvalue weighted by molar-refractivity contribution is -0.119. The summed E-state index contributed by atoms with van der Waals surface area (Å²) in [5.41, 5.74) is 2.71. The minimum atomic E-state index is 0.110. The molecule has 1 N–H and O–H groups in total. The molecule has 4 rings (SSSR count). The molecular formula is C16H16N4O2. The smallest absolute Gasteiger partial charge is 0.264 e. The van der Waals surface area contributed by atoms with E-state index in [4.69, 9.17) is 4.42 Å². The summed E-state index contributed by atoms with van der Waals surface area (Å²) >= 11 is 0. The van der Waals surface area contributed by atoms with Gasteiger partial charge >= 0.3 is 0 Å². The summed E-state index contributed by atoms with van der Waals surface area (Å²) in [6.07, 6.45) is 0.913. The molecule has 1 atom stereocenters. The number of nitrogens with zero attached hydrogens (tertiary/aromatic N) is 3. The fourth-order valence-corrected chi connectivity index (χ4v) is 2.89. The molecule has 1 saturated heterocycles. The Bertz CT molecular complexity index is 864. The largest absolute Gasteiger partial charge is 0.420 e. The summed E-state index contributed by atoms with van der Waals surface area (Å²) in [7, 11) is 0. The number of anilines is 1. The lowest BCUT2D eigenvalue weighted by atomic mass is 10.1. The third kappa shape index (κ3) is 1.99. The van der Waals surface area contributed by atoms with E-state index in [2.05, 4.69) is 15.2 Å². The molecule has 22 heavy (non-hydrogen) atoms. The molecule has 0 bridgehead atoms. The normalized spacial score (nSPS) is 18.5. The number of aromatic amines is 1. The number of carbonyl (C=O) groups excluding carboxylic acids is 1. The second-order valence-electron chi connectivity index (χ2n) is 5.76. The molecule has 6 heteroatoms. The lowest BCUT2D eigenvalue weighted by Crippen LogP contribution is -2.25. The summed E-state index contributed by atoms with van der Waals surface area (Å²) in [5.74, 6) is 1.31. The number of aromatic nitrogens is 3. The van der Waals surface area contributed by atoms with Gasteiger partial charge < -0.3 is 14.3 Å². The zero-order valence-corrected chi connectivity index (χ0v) is 12.5. The number of H-pyrrole nitrogens is 1. The van der Waals surface area contributed by atoms with Gasteiger partial charge in [0.1, 0.15) is 5.69 Å². The highest BCUT2D eigenvalue weighted by Crippen LogP contribution is 2.30. The Kier molecular flexibility index (Phi) is 2.79. The maximum absolute atomic E-state index is 12.2. The number of rotatable bonds is 2. The van der Waals surface area contributed by atoms with Crippen molar-refractivity contribution in [1.29, 1.82) is 0 Å². The molecule has 2 aromatic heterocycles. The highest BCUT2D eigenvalue weighted by atomic mass is 16.4. The molecule has 1 aliphatic rings. The van der Waals surface area contributed by atoms with Crippen molar-refractivity contribution >= 4 is 22.5 Å². The van der Waals surface area contributed by atoms with Crippen molar-refractivity contribution in [2.75, 3.05) is 11.4 Å². The van der Waals surface area contributed by atoms with Crippen molar-refractivity contribution in [2.24, 2.45) is 5.92 Å². The van der Waals surface area contributed by atoms with E-state index in [1.807, 2.05) is 36.1 Å². The third-order valence-corrected chi connectivity index (χ3v) is 4.15. The molecule has 6 nitrogen and oxygen atoms in total. The molecule has 3 aromatic rings. The molecule has 0 aliphatic carbocycles. The van der Waals surface area contributed by atoms with Crippen molar-refractivity contribution in [1.82, 2.24) is 15.2 Å². The minimum Gasteiger partial charge on any atom is -0.420 e. The quantitative estimate of drug-likeness (QED) is 0.789. The van der Waals surface area contributed by atoms with Crippen LogP contribution in [0.3, 0.4) is 0 Å². The van der Waals surface area contributed by atoms with Gasteiger partial charge in [0.15, 0.2) is 0 Å². The van der Waals surface area contributed by atoms with E-state index in [0.29, 0.717) is 11.8 Å². The van der Waals surface area contributed by atoms with Crippen LogP contribution in [0, 0.1) is 12.8 Å². The molecule has 1 unspecified atom stereocenters. The minimum absolute atomic E-state index is 0.110. The van der Waals surface area contributed by atoms with Gasteiger partial charge in [-0.25, -0.2) is 0 Å². The number of fused-ring (bicyclic) bond motifs is 1. The van der Waals surface area contributed by atoms with Crippen molar-refractivity contribution in [2.45, 2.75) is 20.3 Å². The van der Waals surface area contributed by atoms with Crippen LogP contribution < -0.4 is 4.90 Å². The van der Waals surface area contributed by atoms with Crippen LogP contribution in [0.25, 0.3) is 22.5 Å². The Morgan fingerprint density at radius 1 is 1.32 bits per heavy atom. The number of nitrogens with one attached hydrogen (secondary N) is 1. The molecule has 0 saturated carbocycles. The molecule has 1 amide bonds. The van der Waals surface area contributed by atoms with Crippen LogP contribution in [-0.2, 0) is 4.79 Å². The fourth-order valence-electron chi connectivity index (χ4n) is 2.89. The first-order valence-corrected chi connectivity index (χ1v) is 7.36. The van der Waals surface area contributed by atoms with E-state index >= 15 is 0 Å². The van der Waals surface area contributed by atoms with Crippen molar-refractivity contribution in [3.63, 3.8) is 0 Å². The first kappa shape index (κ1) is 13.1. The van der Waals surface area contributed by atoms with Crippen LogP contribution in [0.2, 0.25) is 0 Å². The maximum atomic E-state index is 12.2. The predicted molar refractivity (Wildman–Crippen MR) is 82.5 cm³/mol. The molecule has 1 aliphatic heterocycles. The molecule has 1 aromatic carbocycles. The Labute approximate surface area is 127 Å². The molecule has 112 valence electrons. The van der Waals surface area contributed by atoms with Gasteiger partial charge in [0, 0.05) is 36.0 Å². The van der Waals surface area contributed by atoms with Gasteiger partial charge in [0.2, 0.25) is 11.8 Å². The maximum Gasteiger partial charge on any atom is 0.264 e. The van der Waals surface area contributed by atoms with Gasteiger partial charge in [-0.2, -0.15) is 0 Å². The molecule has 3 heterocycles. The van der Waals surface area contributed by atoms with Gasteiger partial charge in [-0.15, -0.1) is 10.2 Å². The van der Waals surface area contributed by atoms with E-state index in [1.165, 1.54) is 0 Å². The third-order valence-electron chi connectivity index (χ3n) is 4.15. The van der Waals surface area contributed by atoms with E-state index in [1.54, 1.807) is 6.92 Å². The molecule has 0 radical (unpaired) electrons. The van der Waals surface area contributed by atoms with Gasteiger partial charge in [-0.05, 0) is 30.7 Å². The van der Waals surface area contributed by atoms with Crippen molar-refractivity contribution in [3.8, 4) is 11.6 Å². The zero-order valence-electron chi connectivity index (χ0n) is 12.5. The summed E-state index contributed by atoms with van der Waals surface area (Å²) in [6, 6.07) is 7.94. The number of benzene rings is 1. The average molecular weight is 296 g/mol. The highest BCUT2D eigenvalue weighted by molar-refractivity contribution is 5.99. The van der Waals surface area contributed by atoms with E-state index in [-0.39, 0.29) is 11.8 Å². The summed E-state index contributed by atoms with van der Waals surface area (Å²) in [5, 5.41) is 8.89. The monoisotopic (exact) mass is 296 g/mol. The van der Waals surface area contributed by atoms with Crippen LogP contribution in [-0.4, -0.2) is 27.6 Å². The van der Waals surface area contributed by atoms with Crippen LogP contribution >= 0.6 is 0 Å². The zero-order chi connectivity index (χ0) is 15.3. The predicted octanol–water partition coefficient (Wildman–Crippen LogP) is 2.90. The van der Waals surface area contributed by atoms with E-state index in [9.17, 15) is 4.79 Å². The number of hydrogen-bond donors (Lipinski definition) is 1. The van der Waals surface area contributed by atoms with Gasteiger partial charge in [0.25, 0.3) is 5.89 Å². The SMILES string of the molecule is Cc1nnc(-c2cc3cc(N4CCC(C)C4=O)ccc3[nH]2)o1. The summed E-state index contributed by atoms with van der Waals surface area (Å²) in [6.45, 7) is 4.52. The average Bonchev–Trinajstić information content (AvgIpc) is 3.18. The Morgan fingerprint density at radius 2 is 2.18 bits per heavy atom. The van der Waals surface area contributed by atoms with Gasteiger partial charge in [-0.1, -0.05) is 6.92 Å². The van der Waals surface area contributed by atoms with Crippen LogP contribution in [0.4, 0.5) is 5.69 Å². The topological polar surface area (TPSA) is 75.0 Å². The van der Waals surface area contributed by atoms with Crippen molar-refractivity contribution in [3.05, 3.63) is 30.2 Å². The number of hydrogen-bond acceptors (Lipinski definition) is 4. The van der Waals surface area contributed by atoms with Gasteiger partial charge in [0.05, 0.1) is 0 Å². The van der Waals surface area contributed by atoms with E-state index in [0.717, 1.165) is 35.2 Å². The molecular weight excluding hydrogens is 280 g/mol. The van der Waals surface area contributed by atoms with Crippen molar-refractivity contribution < 1.29 is 9.21 Å². The number of aryl methyl sites for hydroxylation is 1. The summed E-state index contributed by atoms with van der Waals surface area (Å²) in [4.78, 5) is 17.3.